The largest absolute Gasteiger partial charge is 0.463 e. The fourth-order valence-electron chi connectivity index (χ4n) is 7.51. The van der Waals surface area contributed by atoms with Crippen LogP contribution in [0.5, 0.6) is 0 Å². The average Bonchev–Trinajstić information content (AvgIpc) is 3.73. The van der Waals surface area contributed by atoms with Crippen molar-refractivity contribution in [3.63, 3.8) is 0 Å². The summed E-state index contributed by atoms with van der Waals surface area (Å²) in [6, 6.07) is 13.5. The number of aliphatic hydroxyl groups is 1. The first-order chi connectivity index (χ1) is 23.1. The number of carbonyl (C=O) groups is 4. The van der Waals surface area contributed by atoms with E-state index in [0.717, 1.165) is 5.56 Å². The third-order valence-corrected chi connectivity index (χ3v) is 10.0. The first-order valence-electron chi connectivity index (χ1n) is 16.5. The third kappa shape index (κ3) is 6.66. The van der Waals surface area contributed by atoms with Crippen LogP contribution in [-0.4, -0.2) is 77.2 Å². The van der Waals surface area contributed by atoms with Gasteiger partial charge in [-0.25, -0.2) is 0 Å². The van der Waals surface area contributed by atoms with E-state index >= 15 is 0 Å². The topological polar surface area (TPSA) is 125 Å². The molecule has 1 spiro atoms. The van der Waals surface area contributed by atoms with E-state index in [2.05, 4.69) is 18.5 Å². The fourth-order valence-corrected chi connectivity index (χ4v) is 7.64. The Morgan fingerprint density at radius 1 is 1.15 bits per heavy atom. The number of anilines is 1. The van der Waals surface area contributed by atoms with E-state index in [1.54, 1.807) is 36.4 Å². The van der Waals surface area contributed by atoms with Crippen LogP contribution >= 0.6 is 11.6 Å². The van der Waals surface area contributed by atoms with Crippen molar-refractivity contribution in [3.05, 3.63) is 90.5 Å². The average molecular weight is 678 g/mol. The van der Waals surface area contributed by atoms with Crippen molar-refractivity contribution >= 4 is 41.0 Å². The summed E-state index contributed by atoms with van der Waals surface area (Å²) in [6.45, 7) is 10.9. The van der Waals surface area contributed by atoms with Gasteiger partial charge in [-0.2, -0.15) is 0 Å². The zero-order chi connectivity index (χ0) is 34.6. The van der Waals surface area contributed by atoms with Crippen molar-refractivity contribution < 1.29 is 33.8 Å². The maximum Gasteiger partial charge on any atom is 0.306 e. The number of nitrogens with one attached hydrogen (secondary N) is 1. The molecule has 11 heteroatoms. The second-order valence-electron chi connectivity index (χ2n) is 13.0. The number of hydrogen-bond donors (Lipinski definition) is 2. The van der Waals surface area contributed by atoms with Crippen molar-refractivity contribution in [2.75, 3.05) is 24.7 Å². The van der Waals surface area contributed by atoms with E-state index in [0.29, 0.717) is 30.0 Å². The number of amides is 3. The summed E-state index contributed by atoms with van der Waals surface area (Å²) in [7, 11) is 0. The van der Waals surface area contributed by atoms with Crippen LogP contribution in [0.2, 0.25) is 5.02 Å². The number of esters is 1. The Hall–Kier alpha value is -3.99. The smallest absolute Gasteiger partial charge is 0.306 e. The number of rotatable bonds is 15. The van der Waals surface area contributed by atoms with E-state index in [9.17, 15) is 24.3 Å². The molecule has 48 heavy (non-hydrogen) atoms. The van der Waals surface area contributed by atoms with Gasteiger partial charge in [0.05, 0.1) is 36.6 Å². The summed E-state index contributed by atoms with van der Waals surface area (Å²) in [5.41, 5.74) is 0.0163. The predicted octanol–water partition coefficient (Wildman–Crippen LogP) is 4.62. The molecule has 3 amide bonds. The number of ether oxygens (including phenoxy) is 2. The lowest BCUT2D eigenvalue weighted by molar-refractivity contribution is -0.147. The van der Waals surface area contributed by atoms with Crippen LogP contribution in [0.3, 0.4) is 0 Å². The molecule has 2 aromatic rings. The zero-order valence-electron chi connectivity index (χ0n) is 27.4. The molecule has 3 saturated heterocycles. The molecule has 3 aliphatic rings. The van der Waals surface area contributed by atoms with Crippen LogP contribution in [-0.2, 0) is 28.7 Å². The number of aliphatic hydroxyl groups excluding tert-OH is 1. The summed E-state index contributed by atoms with van der Waals surface area (Å²) in [4.78, 5) is 59.0. The number of likely N-dealkylation sites (tertiary alicyclic amines) is 1. The standard InChI is InChI=1S/C37H44ClN3O7/c1-5-7-13-30(43)47-22-27(24-11-9-8-10-12-24)39-34(44)31-29-18-19-37(48-29)32(31)35(45)41(28(21-42)23(3)4)33(37)36(46)40(20-6-2)26-16-14-25(38)15-17-26/h5-6,8-12,14-17,23,27-29,31-33,42H,1-2,7,13,18-22H2,3-4H3,(H,39,44)/t27-,28+,29+,31-,32-,33+,37-/m1/s1. The molecule has 0 unspecified atom stereocenters. The number of hydrogen-bond acceptors (Lipinski definition) is 7. The Bertz CT molecular complexity index is 1520. The van der Waals surface area contributed by atoms with Crippen molar-refractivity contribution in [2.45, 2.75) is 69.4 Å². The van der Waals surface area contributed by atoms with Gasteiger partial charge in [-0.05, 0) is 55.0 Å². The Morgan fingerprint density at radius 3 is 2.48 bits per heavy atom. The maximum atomic E-state index is 14.7. The monoisotopic (exact) mass is 677 g/mol. The molecule has 7 atom stereocenters. The molecule has 5 rings (SSSR count). The normalized spacial score (nSPS) is 25.4. The molecular formula is C37H44ClN3O7. The fraction of sp³-hybridized carbons (Fsp3) is 0.459. The first-order valence-corrected chi connectivity index (χ1v) is 16.9. The Kier molecular flexibility index (Phi) is 11.1. The molecule has 0 aromatic heterocycles. The van der Waals surface area contributed by atoms with E-state index < -0.39 is 59.5 Å². The highest BCUT2D eigenvalue weighted by Crippen LogP contribution is 2.59. The summed E-state index contributed by atoms with van der Waals surface area (Å²) in [6.07, 6.45) is 4.15. The molecule has 256 valence electrons. The summed E-state index contributed by atoms with van der Waals surface area (Å²) >= 11 is 6.15. The van der Waals surface area contributed by atoms with Crippen molar-refractivity contribution in [1.29, 1.82) is 0 Å². The van der Waals surface area contributed by atoms with Crippen LogP contribution in [0.1, 0.15) is 51.1 Å². The van der Waals surface area contributed by atoms with Gasteiger partial charge in [0.2, 0.25) is 11.8 Å². The molecule has 0 saturated carbocycles. The third-order valence-electron chi connectivity index (χ3n) is 9.79. The molecule has 2 N–H and O–H groups in total. The Morgan fingerprint density at radius 2 is 1.85 bits per heavy atom. The maximum absolute atomic E-state index is 14.7. The molecule has 0 radical (unpaired) electrons. The van der Waals surface area contributed by atoms with Crippen LogP contribution in [0.25, 0.3) is 0 Å². The van der Waals surface area contributed by atoms with E-state index in [1.807, 2.05) is 44.2 Å². The van der Waals surface area contributed by atoms with Crippen molar-refractivity contribution in [3.8, 4) is 0 Å². The highest BCUT2D eigenvalue weighted by atomic mass is 35.5. The minimum atomic E-state index is -1.28. The van der Waals surface area contributed by atoms with Crippen LogP contribution < -0.4 is 10.2 Å². The Labute approximate surface area is 286 Å². The lowest BCUT2D eigenvalue weighted by Crippen LogP contribution is -2.59. The minimum absolute atomic E-state index is 0.0987. The molecular weight excluding hydrogens is 634 g/mol. The SMILES string of the molecule is C=CCCC(=O)OC[C@@H](NC(=O)[C@@H]1[C@@H]2CC[C@]3(O2)[C@H](C(=O)N(CC=C)c2ccc(Cl)cc2)N([C@@H](CO)C(C)C)C(=O)[C@@H]13)c1ccccc1. The second kappa shape index (κ2) is 15.1. The summed E-state index contributed by atoms with van der Waals surface area (Å²) in [5.74, 6) is -3.67. The molecule has 3 heterocycles. The number of fused-ring (bicyclic) bond motifs is 1. The van der Waals surface area contributed by atoms with E-state index in [4.69, 9.17) is 21.1 Å². The van der Waals surface area contributed by atoms with Gasteiger partial charge in [0.25, 0.3) is 5.91 Å². The predicted molar refractivity (Wildman–Crippen MR) is 182 cm³/mol. The number of allylic oxidation sites excluding steroid dienone is 1. The molecule has 3 fully saturated rings. The number of benzene rings is 2. The molecule has 10 nitrogen and oxygen atoms in total. The quantitative estimate of drug-likeness (QED) is 0.208. The van der Waals surface area contributed by atoms with Gasteiger partial charge in [-0.15, -0.1) is 13.2 Å². The number of carbonyl (C=O) groups excluding carboxylic acids is 4. The molecule has 2 bridgehead atoms. The zero-order valence-corrected chi connectivity index (χ0v) is 28.2. The lowest BCUT2D eigenvalue weighted by atomic mass is 9.70. The van der Waals surface area contributed by atoms with Gasteiger partial charge in [-0.1, -0.05) is 67.9 Å². The second-order valence-corrected chi connectivity index (χ2v) is 13.4. The minimum Gasteiger partial charge on any atom is -0.463 e. The number of nitrogens with zero attached hydrogens (tertiary/aromatic N) is 2. The molecule has 3 aliphatic heterocycles. The van der Waals surface area contributed by atoms with Crippen molar-refractivity contribution in [1.82, 2.24) is 10.2 Å². The van der Waals surface area contributed by atoms with Gasteiger partial charge >= 0.3 is 5.97 Å². The van der Waals surface area contributed by atoms with E-state index in [-0.39, 0.29) is 38.0 Å². The summed E-state index contributed by atoms with van der Waals surface area (Å²) < 4.78 is 12.2. The molecule has 0 aliphatic carbocycles. The Balaban J connectivity index is 1.49. The number of halogens is 1. The van der Waals surface area contributed by atoms with Crippen LogP contribution in [0.15, 0.2) is 79.9 Å². The van der Waals surface area contributed by atoms with Gasteiger partial charge in [-0.3, -0.25) is 19.2 Å². The van der Waals surface area contributed by atoms with Crippen molar-refractivity contribution in [2.24, 2.45) is 17.8 Å². The van der Waals surface area contributed by atoms with E-state index in [1.165, 1.54) is 9.80 Å². The van der Waals surface area contributed by atoms with Gasteiger partial charge in [0.15, 0.2) is 0 Å². The lowest BCUT2D eigenvalue weighted by Gasteiger charge is -2.40. The highest BCUT2D eigenvalue weighted by molar-refractivity contribution is 6.30. The first kappa shape index (κ1) is 35.3. The molecule has 2 aromatic carbocycles. The van der Waals surface area contributed by atoms with Crippen LogP contribution in [0.4, 0.5) is 5.69 Å². The van der Waals surface area contributed by atoms with Gasteiger partial charge in [0, 0.05) is 23.7 Å². The van der Waals surface area contributed by atoms with Gasteiger partial charge in [0.1, 0.15) is 18.2 Å². The van der Waals surface area contributed by atoms with Gasteiger partial charge < -0.3 is 29.7 Å². The van der Waals surface area contributed by atoms with Crippen LogP contribution in [0, 0.1) is 17.8 Å². The summed E-state index contributed by atoms with van der Waals surface area (Å²) in [5, 5.41) is 14.1. The highest BCUT2D eigenvalue weighted by Gasteiger charge is 2.75.